The molecule has 0 amide bonds. The average Bonchev–Trinajstić information content (AvgIpc) is 3.24. The fraction of sp³-hybridized carbons (Fsp3) is 0.520. The maximum absolute atomic E-state index is 10.5. The number of rotatable bonds is 8. The Kier molecular flexibility index (Phi) is 7.70. The normalized spacial score (nSPS) is 30.0. The Balaban J connectivity index is 1.58. The summed E-state index contributed by atoms with van der Waals surface area (Å²) in [5, 5.41) is 60.0. The van der Waals surface area contributed by atoms with E-state index in [0.29, 0.717) is 35.5 Å². The van der Waals surface area contributed by atoms with Gasteiger partial charge in [-0.3, -0.25) is 0 Å². The summed E-state index contributed by atoms with van der Waals surface area (Å²) < 4.78 is 22.8. The fourth-order valence-corrected chi connectivity index (χ4v) is 4.59. The molecule has 0 aromatic heterocycles. The Hall–Kier alpha value is -2.60. The molecule has 0 saturated carbocycles. The summed E-state index contributed by atoms with van der Waals surface area (Å²) in [4.78, 5) is 0. The van der Waals surface area contributed by atoms with Gasteiger partial charge in [0.2, 0.25) is 6.29 Å². The summed E-state index contributed by atoms with van der Waals surface area (Å²) in [6.07, 6.45) is -5.60. The van der Waals surface area contributed by atoms with E-state index in [1.165, 1.54) is 7.11 Å². The lowest BCUT2D eigenvalue weighted by Gasteiger charge is -2.39. The summed E-state index contributed by atoms with van der Waals surface area (Å²) in [5.41, 5.74) is 2.19. The van der Waals surface area contributed by atoms with Crippen LogP contribution in [0.25, 0.3) is 0 Å². The number of phenols is 1. The minimum Gasteiger partial charge on any atom is -0.504 e. The van der Waals surface area contributed by atoms with Crippen LogP contribution in [0.1, 0.15) is 42.1 Å². The molecule has 2 heterocycles. The molecule has 2 aliphatic heterocycles. The van der Waals surface area contributed by atoms with Crippen LogP contribution in [0, 0.1) is 0 Å². The molecule has 10 nitrogen and oxygen atoms in total. The topological polar surface area (TPSA) is 158 Å². The number of aliphatic hydroxyl groups is 5. The molecule has 10 heteroatoms. The van der Waals surface area contributed by atoms with Gasteiger partial charge in [0.15, 0.2) is 23.0 Å². The van der Waals surface area contributed by atoms with Gasteiger partial charge >= 0.3 is 0 Å². The lowest BCUT2D eigenvalue weighted by atomic mass is 9.90. The van der Waals surface area contributed by atoms with E-state index < -0.39 is 42.7 Å². The lowest BCUT2D eigenvalue weighted by Crippen LogP contribution is -2.58. The maximum atomic E-state index is 10.5. The monoisotopic (exact) mass is 492 g/mol. The first kappa shape index (κ1) is 25.5. The van der Waals surface area contributed by atoms with E-state index in [-0.39, 0.29) is 24.7 Å². The van der Waals surface area contributed by atoms with Gasteiger partial charge in [-0.05, 0) is 49.1 Å². The molecule has 0 spiro atoms. The van der Waals surface area contributed by atoms with Gasteiger partial charge in [-0.15, -0.1) is 0 Å². The van der Waals surface area contributed by atoms with Gasteiger partial charge in [0.05, 0.1) is 25.7 Å². The Labute approximate surface area is 202 Å². The van der Waals surface area contributed by atoms with Crippen molar-refractivity contribution < 1.29 is 49.6 Å². The van der Waals surface area contributed by atoms with E-state index in [1.807, 2.05) is 6.07 Å². The molecule has 7 atom stereocenters. The number of hydrogen-bond acceptors (Lipinski definition) is 10. The van der Waals surface area contributed by atoms with Crippen molar-refractivity contribution in [1.29, 1.82) is 0 Å². The van der Waals surface area contributed by atoms with Crippen LogP contribution in [0.5, 0.6) is 23.0 Å². The summed E-state index contributed by atoms with van der Waals surface area (Å²) in [7, 11) is 1.44. The van der Waals surface area contributed by atoms with Gasteiger partial charge in [0.1, 0.15) is 24.4 Å². The van der Waals surface area contributed by atoms with Crippen LogP contribution < -0.4 is 14.2 Å². The lowest BCUT2D eigenvalue weighted by molar-refractivity contribution is -0.268. The van der Waals surface area contributed by atoms with E-state index in [1.54, 1.807) is 31.2 Å². The van der Waals surface area contributed by atoms with Crippen LogP contribution in [0.3, 0.4) is 0 Å². The SMILES string of the molecule is COc1cc([C@@H]2Oc3c(O)cc(CCCO)cc3[C@@H]2CO)ccc1O[C@H]1O[C@H](C)[C@@H](O)[C@H](O)[C@@H]1O. The standard InChI is InChI=1S/C25H32O10/c1-12-20(29)21(30)22(31)25(33-12)34-18-6-5-14(10-19(18)32-2)23-16(11-27)15-8-13(4-3-7-26)9-17(28)24(15)35-23/h5-6,8-10,12,16,20-23,25-31H,3-4,7,11H2,1-2H3/t12-,16+,20-,21+,22+,23+,25-/m1/s1. The van der Waals surface area contributed by atoms with Crippen molar-refractivity contribution in [1.82, 2.24) is 0 Å². The third kappa shape index (κ3) is 4.90. The Morgan fingerprint density at radius 1 is 0.971 bits per heavy atom. The van der Waals surface area contributed by atoms with Crippen molar-refractivity contribution in [3.8, 4) is 23.0 Å². The molecule has 192 valence electrons. The molecule has 0 unspecified atom stereocenters. The summed E-state index contributed by atoms with van der Waals surface area (Å²) in [5.74, 6) is 0.377. The molecular weight excluding hydrogens is 460 g/mol. The van der Waals surface area contributed by atoms with Crippen molar-refractivity contribution in [3.63, 3.8) is 0 Å². The van der Waals surface area contributed by atoms with Crippen molar-refractivity contribution in [2.45, 2.75) is 62.5 Å². The summed E-state index contributed by atoms with van der Waals surface area (Å²) >= 11 is 0. The van der Waals surface area contributed by atoms with E-state index in [9.17, 15) is 25.5 Å². The number of benzene rings is 2. The van der Waals surface area contributed by atoms with Crippen molar-refractivity contribution in [2.75, 3.05) is 20.3 Å². The first-order chi connectivity index (χ1) is 16.8. The van der Waals surface area contributed by atoms with Gasteiger partial charge in [-0.25, -0.2) is 0 Å². The van der Waals surface area contributed by atoms with E-state index >= 15 is 0 Å². The van der Waals surface area contributed by atoms with Gasteiger partial charge in [0, 0.05) is 12.2 Å². The first-order valence-corrected chi connectivity index (χ1v) is 11.6. The Morgan fingerprint density at radius 3 is 2.43 bits per heavy atom. The van der Waals surface area contributed by atoms with Gasteiger partial charge in [-0.2, -0.15) is 0 Å². The van der Waals surface area contributed by atoms with Crippen molar-refractivity contribution in [3.05, 3.63) is 47.0 Å². The van der Waals surface area contributed by atoms with Crippen LogP contribution in [0.4, 0.5) is 0 Å². The molecule has 0 radical (unpaired) electrons. The molecule has 1 saturated heterocycles. The third-order valence-corrected chi connectivity index (χ3v) is 6.56. The number of aryl methyl sites for hydroxylation is 1. The predicted molar refractivity (Wildman–Crippen MR) is 123 cm³/mol. The van der Waals surface area contributed by atoms with Crippen LogP contribution >= 0.6 is 0 Å². The molecule has 0 aliphatic carbocycles. The molecular formula is C25H32O10. The molecule has 6 N–H and O–H groups in total. The zero-order valence-corrected chi connectivity index (χ0v) is 19.6. The average molecular weight is 493 g/mol. The first-order valence-electron chi connectivity index (χ1n) is 11.6. The number of methoxy groups -OCH3 is 1. The van der Waals surface area contributed by atoms with E-state index in [0.717, 1.165) is 5.56 Å². The smallest absolute Gasteiger partial charge is 0.229 e. The molecule has 35 heavy (non-hydrogen) atoms. The molecule has 2 aliphatic rings. The largest absolute Gasteiger partial charge is 0.504 e. The fourth-order valence-electron chi connectivity index (χ4n) is 4.59. The zero-order chi connectivity index (χ0) is 25.3. The van der Waals surface area contributed by atoms with Crippen LogP contribution in [0.15, 0.2) is 30.3 Å². The highest BCUT2D eigenvalue weighted by molar-refractivity contribution is 5.55. The van der Waals surface area contributed by atoms with Crippen molar-refractivity contribution >= 4 is 0 Å². The quantitative estimate of drug-likeness (QED) is 0.310. The van der Waals surface area contributed by atoms with Crippen molar-refractivity contribution in [2.24, 2.45) is 0 Å². The highest BCUT2D eigenvalue weighted by atomic mass is 16.7. The van der Waals surface area contributed by atoms with E-state index in [2.05, 4.69) is 0 Å². The van der Waals surface area contributed by atoms with Crippen LogP contribution in [0.2, 0.25) is 0 Å². The second-order valence-corrected chi connectivity index (χ2v) is 8.90. The Bertz CT molecular complexity index is 1030. The minimum atomic E-state index is -1.47. The van der Waals surface area contributed by atoms with Gasteiger partial charge < -0.3 is 49.6 Å². The molecule has 2 aromatic rings. The van der Waals surface area contributed by atoms with Crippen LogP contribution in [-0.4, -0.2) is 81.7 Å². The summed E-state index contributed by atoms with van der Waals surface area (Å²) in [6, 6.07) is 8.46. The third-order valence-electron chi connectivity index (χ3n) is 6.56. The number of ether oxygens (including phenoxy) is 4. The molecule has 0 bridgehead atoms. The van der Waals surface area contributed by atoms with Gasteiger partial charge in [-0.1, -0.05) is 12.1 Å². The Morgan fingerprint density at radius 2 is 1.74 bits per heavy atom. The number of aromatic hydroxyl groups is 1. The number of aliphatic hydroxyl groups excluding tert-OH is 5. The zero-order valence-electron chi connectivity index (χ0n) is 19.6. The molecule has 1 fully saturated rings. The minimum absolute atomic E-state index is 0.0263. The maximum Gasteiger partial charge on any atom is 0.229 e. The summed E-state index contributed by atoms with van der Waals surface area (Å²) in [6.45, 7) is 1.38. The van der Waals surface area contributed by atoms with E-state index in [4.69, 9.17) is 24.1 Å². The molecule has 4 rings (SSSR count). The highest BCUT2D eigenvalue weighted by Gasteiger charge is 2.43. The van der Waals surface area contributed by atoms with Crippen LogP contribution in [-0.2, 0) is 11.2 Å². The second kappa shape index (κ2) is 10.6. The molecule has 2 aromatic carbocycles. The number of fused-ring (bicyclic) bond motifs is 1. The number of phenolic OH excluding ortho intramolecular Hbond substituents is 1. The predicted octanol–water partition coefficient (Wildman–Crippen LogP) is 0.742. The number of hydrogen-bond donors (Lipinski definition) is 6. The highest BCUT2D eigenvalue weighted by Crippen LogP contribution is 2.51. The van der Waals surface area contributed by atoms with Gasteiger partial charge in [0.25, 0.3) is 0 Å². The second-order valence-electron chi connectivity index (χ2n) is 8.90.